The van der Waals surface area contributed by atoms with Gasteiger partial charge in [-0.05, 0) is 24.6 Å². The molecule has 0 aromatic heterocycles. The van der Waals surface area contributed by atoms with Crippen LogP contribution in [0, 0.1) is 5.82 Å². The number of nitrogens with one attached hydrogen (secondary N) is 1. The molecule has 0 saturated carbocycles. The minimum absolute atomic E-state index is 0. The maximum Gasteiger partial charge on any atom is 0.223 e. The molecule has 6 nitrogen and oxygen atoms in total. The van der Waals surface area contributed by atoms with E-state index in [1.54, 1.807) is 38.2 Å². The van der Waals surface area contributed by atoms with Crippen molar-refractivity contribution in [3.05, 3.63) is 35.6 Å². The van der Waals surface area contributed by atoms with Crippen LogP contribution in [-0.2, 0) is 9.53 Å². The van der Waals surface area contributed by atoms with E-state index >= 15 is 0 Å². The van der Waals surface area contributed by atoms with Gasteiger partial charge in [-0.15, -0.1) is 24.0 Å². The van der Waals surface area contributed by atoms with Gasteiger partial charge in [0, 0.05) is 40.7 Å². The van der Waals surface area contributed by atoms with Gasteiger partial charge in [-0.3, -0.25) is 9.79 Å². The Morgan fingerprint density at radius 1 is 1.35 bits per heavy atom. The van der Waals surface area contributed by atoms with Crippen molar-refractivity contribution in [1.82, 2.24) is 15.1 Å². The highest BCUT2D eigenvalue weighted by Gasteiger charge is 2.28. The summed E-state index contributed by atoms with van der Waals surface area (Å²) in [6.07, 6.45) is 0.282. The van der Waals surface area contributed by atoms with Gasteiger partial charge in [0.2, 0.25) is 5.91 Å². The van der Waals surface area contributed by atoms with Gasteiger partial charge in [0.1, 0.15) is 11.9 Å². The lowest BCUT2D eigenvalue weighted by atomic mass is 10.1. The Balaban J connectivity index is 0.00000338. The second kappa shape index (κ2) is 10.7. The van der Waals surface area contributed by atoms with Crippen LogP contribution in [0.5, 0.6) is 0 Å². The zero-order valence-corrected chi connectivity index (χ0v) is 18.1. The van der Waals surface area contributed by atoms with E-state index < -0.39 is 0 Å². The first kappa shape index (κ1) is 22.6. The van der Waals surface area contributed by atoms with Gasteiger partial charge in [-0.1, -0.05) is 12.1 Å². The number of hydrogen-bond donors (Lipinski definition) is 1. The maximum atomic E-state index is 13.1. The molecule has 1 heterocycles. The number of halogens is 2. The van der Waals surface area contributed by atoms with Crippen molar-refractivity contribution in [2.24, 2.45) is 4.99 Å². The largest absolute Gasteiger partial charge is 0.367 e. The predicted octanol–water partition coefficient (Wildman–Crippen LogP) is 2.26. The lowest BCUT2D eigenvalue weighted by Gasteiger charge is -2.38. The van der Waals surface area contributed by atoms with E-state index in [0.717, 1.165) is 11.5 Å². The summed E-state index contributed by atoms with van der Waals surface area (Å²) in [6, 6.07) is 6.40. The lowest BCUT2D eigenvalue weighted by Crippen LogP contribution is -2.51. The number of aliphatic imine (C=N–C) groups is 1. The molecule has 2 atom stereocenters. The Bertz CT molecular complexity index is 610. The van der Waals surface area contributed by atoms with Gasteiger partial charge in [-0.2, -0.15) is 0 Å². The number of hydrogen-bond acceptors (Lipinski definition) is 3. The van der Waals surface area contributed by atoms with Crippen LogP contribution in [0.3, 0.4) is 0 Å². The van der Waals surface area contributed by atoms with E-state index in [4.69, 9.17) is 4.74 Å². The first-order valence-electron chi connectivity index (χ1n) is 8.47. The molecule has 1 saturated heterocycles. The number of nitrogens with zero attached hydrogens (tertiary/aromatic N) is 3. The number of morpholine rings is 1. The van der Waals surface area contributed by atoms with Crippen molar-refractivity contribution in [3.63, 3.8) is 0 Å². The molecule has 1 N–H and O–H groups in total. The van der Waals surface area contributed by atoms with Crippen LogP contribution < -0.4 is 5.32 Å². The van der Waals surface area contributed by atoms with Crippen LogP contribution in [0.2, 0.25) is 0 Å². The molecule has 26 heavy (non-hydrogen) atoms. The van der Waals surface area contributed by atoms with Crippen molar-refractivity contribution in [1.29, 1.82) is 0 Å². The molecule has 1 aliphatic rings. The number of benzene rings is 1. The van der Waals surface area contributed by atoms with E-state index in [0.29, 0.717) is 26.1 Å². The molecule has 2 unspecified atom stereocenters. The van der Waals surface area contributed by atoms with Crippen LogP contribution in [0.25, 0.3) is 0 Å². The normalized spacial score (nSPS) is 20.3. The van der Waals surface area contributed by atoms with Crippen molar-refractivity contribution in [2.75, 3.05) is 40.8 Å². The van der Waals surface area contributed by atoms with Crippen LogP contribution in [0.4, 0.5) is 4.39 Å². The maximum absolute atomic E-state index is 13.1. The molecule has 1 fully saturated rings. The molecule has 146 valence electrons. The van der Waals surface area contributed by atoms with Crippen LogP contribution >= 0.6 is 24.0 Å². The minimum atomic E-state index is -0.257. The van der Waals surface area contributed by atoms with Gasteiger partial charge in [0.25, 0.3) is 0 Å². The molecule has 0 radical (unpaired) electrons. The molecule has 1 aliphatic heterocycles. The second-order valence-corrected chi connectivity index (χ2v) is 6.40. The summed E-state index contributed by atoms with van der Waals surface area (Å²) in [7, 11) is 5.21. The third-order valence-corrected chi connectivity index (χ3v) is 4.13. The number of carbonyl (C=O) groups excluding carboxylic acids is 1. The summed E-state index contributed by atoms with van der Waals surface area (Å²) in [4.78, 5) is 19.7. The number of guanidine groups is 1. The Kier molecular flexibility index (Phi) is 9.28. The van der Waals surface area contributed by atoms with E-state index in [9.17, 15) is 9.18 Å². The van der Waals surface area contributed by atoms with Crippen LogP contribution in [0.1, 0.15) is 25.0 Å². The second-order valence-electron chi connectivity index (χ2n) is 6.40. The Morgan fingerprint density at radius 3 is 2.58 bits per heavy atom. The fourth-order valence-corrected chi connectivity index (χ4v) is 2.82. The Labute approximate surface area is 171 Å². The van der Waals surface area contributed by atoms with Gasteiger partial charge in [0.15, 0.2) is 5.96 Å². The zero-order valence-electron chi connectivity index (χ0n) is 15.7. The van der Waals surface area contributed by atoms with Gasteiger partial charge in [-0.25, -0.2) is 4.39 Å². The van der Waals surface area contributed by atoms with Crippen LogP contribution in [-0.4, -0.2) is 68.5 Å². The molecular weight excluding hydrogens is 450 g/mol. The first-order chi connectivity index (χ1) is 11.9. The first-order valence-corrected chi connectivity index (χ1v) is 8.47. The number of amides is 1. The van der Waals surface area contributed by atoms with Crippen molar-refractivity contribution < 1.29 is 13.9 Å². The highest BCUT2D eigenvalue weighted by Crippen LogP contribution is 2.25. The lowest BCUT2D eigenvalue weighted by molar-refractivity contribution is -0.128. The average molecular weight is 478 g/mol. The predicted molar refractivity (Wildman–Crippen MR) is 111 cm³/mol. The molecule has 1 aromatic carbocycles. The van der Waals surface area contributed by atoms with Crippen molar-refractivity contribution >= 4 is 35.8 Å². The number of ether oxygens (including phenoxy) is 1. The summed E-state index contributed by atoms with van der Waals surface area (Å²) < 4.78 is 19.1. The van der Waals surface area contributed by atoms with Crippen LogP contribution in [0.15, 0.2) is 29.3 Å². The monoisotopic (exact) mass is 478 g/mol. The van der Waals surface area contributed by atoms with Gasteiger partial charge >= 0.3 is 0 Å². The zero-order chi connectivity index (χ0) is 18.4. The highest BCUT2D eigenvalue weighted by molar-refractivity contribution is 14.0. The van der Waals surface area contributed by atoms with E-state index in [-0.39, 0.29) is 47.9 Å². The van der Waals surface area contributed by atoms with Crippen molar-refractivity contribution in [3.8, 4) is 0 Å². The third-order valence-electron chi connectivity index (χ3n) is 4.13. The minimum Gasteiger partial charge on any atom is -0.367 e. The molecule has 1 aromatic rings. The summed E-state index contributed by atoms with van der Waals surface area (Å²) in [5.74, 6) is 0.559. The van der Waals surface area contributed by atoms with Crippen molar-refractivity contribution in [2.45, 2.75) is 25.6 Å². The molecular formula is C18H28FIN4O2. The fourth-order valence-electron chi connectivity index (χ4n) is 2.82. The highest BCUT2D eigenvalue weighted by atomic mass is 127. The summed E-state index contributed by atoms with van der Waals surface area (Å²) in [5, 5.41) is 3.24. The third kappa shape index (κ3) is 6.39. The Morgan fingerprint density at radius 2 is 2.00 bits per heavy atom. The quantitative estimate of drug-likeness (QED) is 0.410. The van der Waals surface area contributed by atoms with E-state index in [2.05, 4.69) is 15.2 Å². The van der Waals surface area contributed by atoms with E-state index in [1.807, 2.05) is 6.92 Å². The number of carbonyl (C=O) groups is 1. The van der Waals surface area contributed by atoms with E-state index in [1.165, 1.54) is 12.1 Å². The number of rotatable bonds is 4. The molecule has 2 rings (SSSR count). The smallest absolute Gasteiger partial charge is 0.223 e. The molecule has 0 spiro atoms. The molecule has 0 aliphatic carbocycles. The molecule has 8 heteroatoms. The molecule has 0 bridgehead atoms. The topological polar surface area (TPSA) is 57.2 Å². The van der Waals surface area contributed by atoms with Gasteiger partial charge < -0.3 is 19.9 Å². The summed E-state index contributed by atoms with van der Waals surface area (Å²) in [6.45, 7) is 3.86. The SMILES string of the molecule is CN=C(NCCC(=O)N(C)C)N1CC(C)OC(c2ccc(F)cc2)C1.I. The standard InChI is InChI=1S/C18H27FN4O2.HI/c1-13-11-23(18(20-2)21-10-9-17(24)22(3)4)12-16(25-13)14-5-7-15(19)8-6-14;/h5-8,13,16H,9-12H2,1-4H3,(H,20,21);1H. The summed E-state index contributed by atoms with van der Waals surface area (Å²) >= 11 is 0. The molecule has 1 amide bonds. The average Bonchev–Trinajstić information content (AvgIpc) is 2.58. The summed E-state index contributed by atoms with van der Waals surface area (Å²) in [5.41, 5.74) is 0.941. The fraction of sp³-hybridized carbons (Fsp3) is 0.556. The van der Waals surface area contributed by atoms with Gasteiger partial charge in [0.05, 0.1) is 12.6 Å². The Hall–Kier alpha value is -1.42.